The Morgan fingerprint density at radius 2 is 0.493 bits per heavy atom. The predicted molar refractivity (Wildman–Crippen MR) is 289 cm³/mol. The fourth-order valence-electron chi connectivity index (χ4n) is 8.91. The van der Waals surface area contributed by atoms with Gasteiger partial charge in [0.25, 0.3) is 0 Å². The van der Waals surface area contributed by atoms with E-state index in [-0.39, 0.29) is 31.1 Å². The molecule has 0 heterocycles. The van der Waals surface area contributed by atoms with Crippen LogP contribution in [-0.2, 0) is 28.6 Å². The molecule has 0 fully saturated rings. The minimum absolute atomic E-state index is 0.0705. The smallest absolute Gasteiger partial charge is 0.306 e. The van der Waals surface area contributed by atoms with Gasteiger partial charge in [-0.05, 0) is 70.6 Å². The average Bonchev–Trinajstić information content (AvgIpc) is 3.33. The van der Waals surface area contributed by atoms with Gasteiger partial charge in [-0.3, -0.25) is 14.4 Å². The van der Waals surface area contributed by atoms with E-state index in [2.05, 4.69) is 45.1 Å². The van der Waals surface area contributed by atoms with Crippen molar-refractivity contribution in [2.45, 2.75) is 335 Å². The summed E-state index contributed by atoms with van der Waals surface area (Å²) in [6, 6.07) is 0. The number of ether oxygens (including phenoxy) is 3. The summed E-state index contributed by atoms with van der Waals surface area (Å²) in [6.07, 6.45) is 65.9. The van der Waals surface area contributed by atoms with Crippen LogP contribution in [0.25, 0.3) is 0 Å². The summed E-state index contributed by atoms with van der Waals surface area (Å²) in [5, 5.41) is 0. The van der Waals surface area contributed by atoms with Crippen molar-refractivity contribution in [3.8, 4) is 0 Å². The first-order valence-corrected chi connectivity index (χ1v) is 29.8. The van der Waals surface area contributed by atoms with Gasteiger partial charge >= 0.3 is 17.9 Å². The van der Waals surface area contributed by atoms with Gasteiger partial charge in [-0.1, -0.05) is 263 Å². The van der Waals surface area contributed by atoms with Crippen molar-refractivity contribution in [3.63, 3.8) is 0 Å². The van der Waals surface area contributed by atoms with Gasteiger partial charge in [-0.2, -0.15) is 0 Å². The van der Waals surface area contributed by atoms with Crippen LogP contribution in [0.3, 0.4) is 0 Å². The largest absolute Gasteiger partial charge is 0.462 e. The first kappa shape index (κ1) is 64.9. The molecule has 0 aromatic rings. The van der Waals surface area contributed by atoms with Crippen LogP contribution in [0, 0.1) is 0 Å². The predicted octanol–water partition coefficient (Wildman–Crippen LogP) is 19.9. The molecule has 394 valence electrons. The van der Waals surface area contributed by atoms with Gasteiger partial charge < -0.3 is 14.2 Å². The summed E-state index contributed by atoms with van der Waals surface area (Å²) >= 11 is 0. The molecule has 0 saturated heterocycles. The number of unbranched alkanes of at least 4 members (excludes halogenated alkanes) is 40. The summed E-state index contributed by atoms with van der Waals surface area (Å²) < 4.78 is 16.9. The highest BCUT2D eigenvalue weighted by molar-refractivity contribution is 5.71. The zero-order chi connectivity index (χ0) is 48.6. The van der Waals surface area contributed by atoms with E-state index in [1.165, 1.54) is 225 Å². The van der Waals surface area contributed by atoms with Gasteiger partial charge in [0.2, 0.25) is 0 Å². The average molecular weight is 944 g/mol. The van der Waals surface area contributed by atoms with E-state index in [1.807, 2.05) is 0 Å². The fraction of sp³-hybridized carbons (Fsp3) is 0.885. The van der Waals surface area contributed by atoms with E-state index in [4.69, 9.17) is 14.2 Å². The zero-order valence-electron chi connectivity index (χ0n) is 45.2. The second-order valence-electron chi connectivity index (χ2n) is 20.3. The highest BCUT2D eigenvalue weighted by Crippen LogP contribution is 2.17. The number of hydrogen-bond donors (Lipinski definition) is 0. The molecule has 6 nitrogen and oxygen atoms in total. The van der Waals surface area contributed by atoms with E-state index in [0.29, 0.717) is 19.3 Å². The van der Waals surface area contributed by atoms with E-state index in [9.17, 15) is 14.4 Å². The quantitative estimate of drug-likeness (QED) is 0.0262. The van der Waals surface area contributed by atoms with Gasteiger partial charge in [-0.25, -0.2) is 0 Å². The minimum atomic E-state index is -0.772. The van der Waals surface area contributed by atoms with Gasteiger partial charge in [-0.15, -0.1) is 0 Å². The van der Waals surface area contributed by atoms with E-state index >= 15 is 0 Å². The molecule has 0 radical (unpaired) electrons. The summed E-state index contributed by atoms with van der Waals surface area (Å²) in [7, 11) is 0. The Morgan fingerprint density at radius 3 is 0.746 bits per heavy atom. The van der Waals surface area contributed by atoms with Crippen LogP contribution in [0.1, 0.15) is 329 Å². The lowest BCUT2D eigenvalue weighted by Gasteiger charge is -2.18. The Bertz CT molecular complexity index is 1080. The van der Waals surface area contributed by atoms with Gasteiger partial charge in [0, 0.05) is 19.3 Å². The van der Waals surface area contributed by atoms with Crippen molar-refractivity contribution in [2.24, 2.45) is 0 Å². The van der Waals surface area contributed by atoms with Crippen LogP contribution in [0.15, 0.2) is 24.3 Å². The van der Waals surface area contributed by atoms with E-state index < -0.39 is 6.10 Å². The van der Waals surface area contributed by atoms with Crippen molar-refractivity contribution < 1.29 is 28.6 Å². The van der Waals surface area contributed by atoms with Gasteiger partial charge in [0.05, 0.1) is 0 Å². The highest BCUT2D eigenvalue weighted by atomic mass is 16.6. The van der Waals surface area contributed by atoms with E-state index in [1.54, 1.807) is 0 Å². The van der Waals surface area contributed by atoms with Crippen LogP contribution >= 0.6 is 0 Å². The van der Waals surface area contributed by atoms with Crippen LogP contribution in [0.4, 0.5) is 0 Å². The summed E-state index contributed by atoms with van der Waals surface area (Å²) in [5.41, 5.74) is 0. The second-order valence-corrected chi connectivity index (χ2v) is 20.3. The van der Waals surface area contributed by atoms with Gasteiger partial charge in [0.15, 0.2) is 6.10 Å². The molecule has 0 aliphatic rings. The highest BCUT2D eigenvalue weighted by Gasteiger charge is 2.19. The maximum absolute atomic E-state index is 12.9. The number of carbonyl (C=O) groups excluding carboxylic acids is 3. The molecule has 67 heavy (non-hydrogen) atoms. The summed E-state index contributed by atoms with van der Waals surface area (Å²) in [4.78, 5) is 38.2. The second kappa shape index (κ2) is 56.5. The summed E-state index contributed by atoms with van der Waals surface area (Å²) in [5.74, 6) is -0.859. The van der Waals surface area contributed by atoms with Crippen LogP contribution in [0.2, 0.25) is 0 Å². The number of carbonyl (C=O) groups is 3. The molecule has 0 aromatic heterocycles. The molecule has 1 atom stereocenters. The number of esters is 3. The van der Waals surface area contributed by atoms with Crippen LogP contribution in [0.5, 0.6) is 0 Å². The van der Waals surface area contributed by atoms with Crippen molar-refractivity contribution in [1.29, 1.82) is 0 Å². The number of hydrogen-bond acceptors (Lipinski definition) is 6. The van der Waals surface area contributed by atoms with Crippen molar-refractivity contribution in [1.82, 2.24) is 0 Å². The van der Waals surface area contributed by atoms with E-state index in [0.717, 1.165) is 64.2 Å². The molecule has 0 rings (SSSR count). The van der Waals surface area contributed by atoms with Crippen molar-refractivity contribution in [3.05, 3.63) is 24.3 Å². The lowest BCUT2D eigenvalue weighted by Crippen LogP contribution is -2.30. The van der Waals surface area contributed by atoms with Crippen molar-refractivity contribution >= 4 is 17.9 Å². The molecule has 1 unspecified atom stereocenters. The minimum Gasteiger partial charge on any atom is -0.462 e. The Labute approximate surface area is 417 Å². The Morgan fingerprint density at radius 1 is 0.284 bits per heavy atom. The lowest BCUT2D eigenvalue weighted by molar-refractivity contribution is -0.167. The molecule has 6 heteroatoms. The fourth-order valence-corrected chi connectivity index (χ4v) is 8.91. The first-order valence-electron chi connectivity index (χ1n) is 29.8. The third-order valence-corrected chi connectivity index (χ3v) is 13.4. The molecule has 0 amide bonds. The molecule has 0 N–H and O–H groups in total. The number of allylic oxidation sites excluding steroid dienone is 4. The Kier molecular flexibility index (Phi) is 54.7. The third kappa shape index (κ3) is 54.7. The normalized spacial score (nSPS) is 12.1. The Balaban J connectivity index is 4.32. The topological polar surface area (TPSA) is 78.9 Å². The standard InChI is InChI=1S/C61H114O6/c1-4-7-10-13-16-19-22-25-28-29-30-31-34-36-39-42-45-48-51-54-60(63)66-57-58(67-61(64)55-52-49-46-43-40-37-33-27-24-21-18-15-12-9-6-3)56-65-59(62)53-50-47-44-41-38-35-32-26-23-20-17-14-11-8-5-2/h25,27-28,33,58H,4-24,26,29-32,34-57H2,1-3H3/b28-25-,33-27-. The molecule has 0 saturated carbocycles. The molecule has 0 aliphatic heterocycles. The van der Waals surface area contributed by atoms with Crippen LogP contribution in [-0.4, -0.2) is 37.2 Å². The van der Waals surface area contributed by atoms with Gasteiger partial charge in [0.1, 0.15) is 13.2 Å². The monoisotopic (exact) mass is 943 g/mol. The molecular formula is C61H114O6. The van der Waals surface area contributed by atoms with Crippen molar-refractivity contribution in [2.75, 3.05) is 13.2 Å². The molecule has 0 bridgehead atoms. The maximum Gasteiger partial charge on any atom is 0.306 e. The number of rotatable bonds is 55. The maximum atomic E-state index is 12.9. The first-order chi connectivity index (χ1) is 33.0. The summed E-state index contributed by atoms with van der Waals surface area (Å²) in [6.45, 7) is 6.67. The molecule has 0 aliphatic carbocycles. The SMILES string of the molecule is CCCCCCCC/C=C\CCCCCCCCCCCC(=O)OCC(COC(=O)CCCCCCCCCCCCCCCCC)OC(=O)CCCCCCC/C=C\CCCCCCCC. The Hall–Kier alpha value is -2.11. The lowest BCUT2D eigenvalue weighted by atomic mass is 10.0. The molecule has 0 aromatic carbocycles. The molecule has 0 spiro atoms. The third-order valence-electron chi connectivity index (χ3n) is 13.4. The van der Waals surface area contributed by atoms with Crippen LogP contribution < -0.4 is 0 Å². The zero-order valence-corrected chi connectivity index (χ0v) is 45.2. The molecular weight excluding hydrogens is 829 g/mol.